The molecule has 6 heteroatoms. The second-order valence-electron chi connectivity index (χ2n) is 7.85. The molecule has 3 rings (SSSR count). The van der Waals surface area contributed by atoms with Crippen molar-refractivity contribution < 1.29 is 0 Å². The number of hydrogen-bond acceptors (Lipinski definition) is 4. The molecule has 0 radical (unpaired) electrons. The van der Waals surface area contributed by atoms with Gasteiger partial charge in [-0.05, 0) is 80.8 Å². The molecule has 0 aliphatic heterocycles. The highest BCUT2D eigenvalue weighted by Crippen LogP contribution is 2.42. The SMILES string of the molecule is CCCCCCc1cc(-c2c(-c3cc(CCCCCC)c(Br)s3)c(=O)c2=O)sc1Br. The summed E-state index contributed by atoms with van der Waals surface area (Å²) in [5.41, 5.74) is 3.02. The monoisotopic (exact) mass is 570 g/mol. The standard InChI is InChI=1S/C24H28Br2O2S2/c1-3-5-7-9-11-15-13-17(29-23(15)25)19-20(22(28)21(19)27)18-14-16(24(26)30-18)12-10-8-6-4-2/h13-14H,3-12H2,1-2H3. The van der Waals surface area contributed by atoms with Gasteiger partial charge in [-0.2, -0.15) is 0 Å². The molecule has 0 saturated carbocycles. The Kier molecular flexibility index (Phi) is 9.11. The molecule has 1 aromatic carbocycles. The van der Waals surface area contributed by atoms with Crippen molar-refractivity contribution in [3.63, 3.8) is 0 Å². The van der Waals surface area contributed by atoms with Gasteiger partial charge >= 0.3 is 0 Å². The first-order valence-corrected chi connectivity index (χ1v) is 14.1. The summed E-state index contributed by atoms with van der Waals surface area (Å²) in [7, 11) is 0. The van der Waals surface area contributed by atoms with E-state index in [1.807, 2.05) is 0 Å². The minimum Gasteiger partial charge on any atom is -0.285 e. The van der Waals surface area contributed by atoms with Gasteiger partial charge in [-0.15, -0.1) is 22.7 Å². The molecule has 3 aromatic rings. The Balaban J connectivity index is 1.82. The summed E-state index contributed by atoms with van der Waals surface area (Å²) in [6, 6.07) is 4.21. The van der Waals surface area contributed by atoms with E-state index in [0.717, 1.165) is 43.0 Å². The van der Waals surface area contributed by atoms with Crippen LogP contribution in [-0.4, -0.2) is 0 Å². The zero-order valence-corrected chi connectivity index (χ0v) is 22.4. The smallest absolute Gasteiger partial charge is 0.235 e. The van der Waals surface area contributed by atoms with Gasteiger partial charge in [0.15, 0.2) is 0 Å². The molecule has 0 spiro atoms. The van der Waals surface area contributed by atoms with Crippen LogP contribution in [0.1, 0.15) is 76.3 Å². The number of rotatable bonds is 12. The first kappa shape index (κ1) is 24.1. The minimum atomic E-state index is -0.342. The summed E-state index contributed by atoms with van der Waals surface area (Å²) in [6.07, 6.45) is 11.7. The zero-order chi connectivity index (χ0) is 21.7. The van der Waals surface area contributed by atoms with E-state index in [1.165, 1.54) is 49.7 Å². The second kappa shape index (κ2) is 11.3. The number of hydrogen-bond donors (Lipinski definition) is 0. The lowest BCUT2D eigenvalue weighted by molar-refractivity contribution is 0.667. The molecule has 30 heavy (non-hydrogen) atoms. The van der Waals surface area contributed by atoms with Crippen LogP contribution in [0.4, 0.5) is 0 Å². The van der Waals surface area contributed by atoms with Crippen LogP contribution in [0.3, 0.4) is 0 Å². The van der Waals surface area contributed by atoms with Crippen molar-refractivity contribution >= 4 is 54.5 Å². The van der Waals surface area contributed by atoms with Gasteiger partial charge < -0.3 is 0 Å². The van der Waals surface area contributed by atoms with E-state index < -0.39 is 0 Å². The van der Waals surface area contributed by atoms with Crippen LogP contribution in [0.25, 0.3) is 20.9 Å². The maximum atomic E-state index is 12.5. The average Bonchev–Trinajstić information content (AvgIpc) is 3.27. The first-order valence-electron chi connectivity index (χ1n) is 10.9. The molecule has 162 valence electrons. The van der Waals surface area contributed by atoms with Crippen LogP contribution in [0.2, 0.25) is 0 Å². The van der Waals surface area contributed by atoms with Gasteiger partial charge in [0, 0.05) is 9.75 Å². The summed E-state index contributed by atoms with van der Waals surface area (Å²) in [6.45, 7) is 4.43. The van der Waals surface area contributed by atoms with Crippen molar-refractivity contribution in [3.8, 4) is 20.9 Å². The van der Waals surface area contributed by atoms with Crippen molar-refractivity contribution in [2.24, 2.45) is 0 Å². The third-order valence-corrected chi connectivity index (χ3v) is 9.47. The fraction of sp³-hybridized carbons (Fsp3) is 0.500. The number of unbranched alkanes of at least 4 members (excludes halogenated alkanes) is 6. The normalized spacial score (nSPS) is 11.6. The Morgan fingerprint density at radius 3 is 1.43 bits per heavy atom. The highest BCUT2D eigenvalue weighted by molar-refractivity contribution is 9.11. The Morgan fingerprint density at radius 1 is 0.667 bits per heavy atom. The molecular weight excluding hydrogens is 544 g/mol. The lowest BCUT2D eigenvalue weighted by atomic mass is 9.96. The summed E-state index contributed by atoms with van der Waals surface area (Å²) in [5.74, 6) is 0. The number of thiophene rings is 2. The van der Waals surface area contributed by atoms with Gasteiger partial charge in [0.05, 0.1) is 18.7 Å². The van der Waals surface area contributed by atoms with Gasteiger partial charge in [0.1, 0.15) is 0 Å². The van der Waals surface area contributed by atoms with Crippen LogP contribution in [0.15, 0.2) is 29.3 Å². The van der Waals surface area contributed by atoms with Gasteiger partial charge in [-0.1, -0.05) is 52.4 Å². The van der Waals surface area contributed by atoms with E-state index in [-0.39, 0.29) is 10.9 Å². The van der Waals surface area contributed by atoms with Gasteiger partial charge in [0.2, 0.25) is 10.9 Å². The fourth-order valence-corrected chi connectivity index (χ4v) is 7.38. The Hall–Kier alpha value is -0.560. The lowest BCUT2D eigenvalue weighted by Crippen LogP contribution is -2.34. The highest BCUT2D eigenvalue weighted by atomic mass is 79.9. The molecule has 0 N–H and O–H groups in total. The molecule has 2 nitrogen and oxygen atoms in total. The Bertz CT molecular complexity index is 970. The second-order valence-corrected chi connectivity index (χ2v) is 12.6. The van der Waals surface area contributed by atoms with Crippen molar-refractivity contribution in [2.45, 2.75) is 78.1 Å². The molecule has 2 heterocycles. The van der Waals surface area contributed by atoms with E-state index in [9.17, 15) is 9.59 Å². The van der Waals surface area contributed by atoms with E-state index in [2.05, 4.69) is 57.8 Å². The molecule has 0 unspecified atom stereocenters. The zero-order valence-electron chi connectivity index (χ0n) is 17.6. The lowest BCUT2D eigenvalue weighted by Gasteiger charge is -2.07. The molecule has 0 amide bonds. The first-order chi connectivity index (χ1) is 14.5. The number of halogens is 2. The summed E-state index contributed by atoms with van der Waals surface area (Å²) >= 11 is 10.5. The summed E-state index contributed by atoms with van der Waals surface area (Å²) in [5, 5.41) is 0. The Labute approximate surface area is 203 Å². The van der Waals surface area contributed by atoms with E-state index >= 15 is 0 Å². The quantitative estimate of drug-likeness (QED) is 0.161. The molecule has 0 saturated heterocycles. The average molecular weight is 572 g/mol. The molecule has 0 aliphatic carbocycles. The van der Waals surface area contributed by atoms with Crippen LogP contribution in [-0.2, 0) is 12.8 Å². The van der Waals surface area contributed by atoms with Crippen molar-refractivity contribution in [3.05, 3.63) is 51.3 Å². The van der Waals surface area contributed by atoms with Crippen LogP contribution in [0.5, 0.6) is 0 Å². The maximum Gasteiger partial charge on any atom is 0.235 e. The predicted molar refractivity (Wildman–Crippen MR) is 139 cm³/mol. The van der Waals surface area contributed by atoms with Gasteiger partial charge in [0.25, 0.3) is 0 Å². The van der Waals surface area contributed by atoms with Crippen molar-refractivity contribution in [1.29, 1.82) is 0 Å². The highest BCUT2D eigenvalue weighted by Gasteiger charge is 2.27. The topological polar surface area (TPSA) is 34.1 Å². The molecule has 0 fully saturated rings. The van der Waals surface area contributed by atoms with Gasteiger partial charge in [-0.25, -0.2) is 0 Å². The summed E-state index contributed by atoms with van der Waals surface area (Å²) in [4.78, 5) is 26.8. The van der Waals surface area contributed by atoms with Crippen molar-refractivity contribution in [2.75, 3.05) is 0 Å². The molecule has 0 aliphatic rings. The van der Waals surface area contributed by atoms with E-state index in [4.69, 9.17) is 0 Å². The van der Waals surface area contributed by atoms with Gasteiger partial charge in [-0.3, -0.25) is 9.59 Å². The summed E-state index contributed by atoms with van der Waals surface area (Å²) < 4.78 is 2.16. The molecule has 0 bridgehead atoms. The third kappa shape index (κ3) is 5.43. The third-order valence-electron chi connectivity index (χ3n) is 5.52. The minimum absolute atomic E-state index is 0.342. The Morgan fingerprint density at radius 2 is 1.07 bits per heavy atom. The largest absolute Gasteiger partial charge is 0.285 e. The number of aryl methyl sites for hydroxylation is 2. The molecule has 0 atom stereocenters. The van der Waals surface area contributed by atoms with Crippen LogP contribution in [0, 0.1) is 0 Å². The maximum absolute atomic E-state index is 12.5. The molecule has 2 aromatic heterocycles. The van der Waals surface area contributed by atoms with E-state index in [1.54, 1.807) is 22.7 Å². The van der Waals surface area contributed by atoms with Crippen molar-refractivity contribution in [1.82, 2.24) is 0 Å². The predicted octanol–water partition coefficient (Wildman–Crippen LogP) is 8.51. The molecular formula is C24H28Br2O2S2. The van der Waals surface area contributed by atoms with Crippen LogP contribution < -0.4 is 10.9 Å². The van der Waals surface area contributed by atoms with Crippen LogP contribution >= 0.6 is 54.5 Å². The van der Waals surface area contributed by atoms with E-state index in [0.29, 0.717) is 11.1 Å². The fourth-order valence-electron chi connectivity index (χ4n) is 3.75.